The summed E-state index contributed by atoms with van der Waals surface area (Å²) in [6, 6.07) is 12.1. The molecule has 2 N–H and O–H groups in total. The molecule has 0 bridgehead atoms. The standard InChI is InChI=1S/C16H17N4O2S2/c1-10-9-11(2)20(15-18-19-16(23-15)24(17,21)22)12(3)14(10)13-7-5-4-6-8-13/h4-9H,1-3H3,(H2,17,21,22)/q+1. The molecule has 1 aromatic carbocycles. The molecule has 24 heavy (non-hydrogen) atoms. The van der Waals surface area contributed by atoms with Crippen LogP contribution in [0.15, 0.2) is 40.7 Å². The van der Waals surface area contributed by atoms with E-state index >= 15 is 0 Å². The van der Waals surface area contributed by atoms with Gasteiger partial charge >= 0.3 is 5.13 Å². The van der Waals surface area contributed by atoms with Crippen LogP contribution in [0.5, 0.6) is 0 Å². The van der Waals surface area contributed by atoms with E-state index in [0.29, 0.717) is 5.13 Å². The molecule has 0 saturated heterocycles. The van der Waals surface area contributed by atoms with Crippen LogP contribution in [-0.2, 0) is 10.0 Å². The van der Waals surface area contributed by atoms with Gasteiger partial charge in [-0.1, -0.05) is 30.3 Å². The second-order valence-corrected chi connectivity index (χ2v) is 8.22. The highest BCUT2D eigenvalue weighted by Crippen LogP contribution is 2.27. The maximum Gasteiger partial charge on any atom is 0.416 e. The fourth-order valence-electron chi connectivity index (χ4n) is 2.86. The number of nitrogens with zero attached hydrogens (tertiary/aromatic N) is 3. The molecule has 0 saturated carbocycles. The number of aromatic nitrogens is 3. The second kappa shape index (κ2) is 6.04. The van der Waals surface area contributed by atoms with Gasteiger partial charge in [0, 0.05) is 5.56 Å². The van der Waals surface area contributed by atoms with Gasteiger partial charge in [0.25, 0.3) is 14.4 Å². The number of aryl methyl sites for hydroxylation is 2. The largest absolute Gasteiger partial charge is 0.416 e. The van der Waals surface area contributed by atoms with E-state index in [1.165, 1.54) is 0 Å². The second-order valence-electron chi connectivity index (χ2n) is 5.53. The van der Waals surface area contributed by atoms with Gasteiger partial charge in [-0.05, 0) is 54.4 Å². The van der Waals surface area contributed by atoms with Crippen LogP contribution in [0.25, 0.3) is 16.3 Å². The first-order chi connectivity index (χ1) is 11.3. The number of hydrogen-bond acceptors (Lipinski definition) is 5. The number of sulfonamides is 1. The van der Waals surface area contributed by atoms with E-state index in [2.05, 4.69) is 17.1 Å². The fraction of sp³-hybridized carbons (Fsp3) is 0.188. The average molecular weight is 361 g/mol. The molecular formula is C16H17N4O2S2+. The van der Waals surface area contributed by atoms with Gasteiger partial charge in [-0.15, -0.1) is 0 Å². The van der Waals surface area contributed by atoms with Gasteiger partial charge in [0.15, 0.2) is 0 Å². The van der Waals surface area contributed by atoms with Gasteiger partial charge in [-0.25, -0.2) is 13.6 Å². The van der Waals surface area contributed by atoms with Crippen molar-refractivity contribution in [3.05, 3.63) is 53.3 Å². The Labute approximate surface area is 144 Å². The predicted molar refractivity (Wildman–Crippen MR) is 92.5 cm³/mol. The van der Waals surface area contributed by atoms with Crippen molar-refractivity contribution in [3.63, 3.8) is 0 Å². The van der Waals surface area contributed by atoms with E-state index < -0.39 is 10.0 Å². The lowest BCUT2D eigenvalue weighted by Gasteiger charge is -2.13. The van der Waals surface area contributed by atoms with Crippen LogP contribution >= 0.6 is 11.3 Å². The minimum Gasteiger partial charge on any atom is -0.222 e. The highest BCUT2D eigenvalue weighted by Gasteiger charge is 2.27. The molecule has 0 aliphatic heterocycles. The van der Waals surface area contributed by atoms with Crippen molar-refractivity contribution in [1.29, 1.82) is 0 Å². The van der Waals surface area contributed by atoms with Crippen LogP contribution in [0, 0.1) is 20.8 Å². The van der Waals surface area contributed by atoms with Gasteiger partial charge in [-0.2, -0.15) is 4.57 Å². The number of benzene rings is 1. The molecule has 0 unspecified atom stereocenters. The Morgan fingerprint density at radius 2 is 1.75 bits per heavy atom. The molecule has 0 fully saturated rings. The van der Waals surface area contributed by atoms with E-state index in [9.17, 15) is 8.42 Å². The van der Waals surface area contributed by atoms with Crippen molar-refractivity contribution >= 4 is 21.4 Å². The maximum absolute atomic E-state index is 11.5. The molecule has 3 rings (SSSR count). The van der Waals surface area contributed by atoms with Crippen LogP contribution < -0.4 is 9.71 Å². The molecule has 0 amide bonds. The van der Waals surface area contributed by atoms with Crippen molar-refractivity contribution in [2.75, 3.05) is 0 Å². The first kappa shape index (κ1) is 16.7. The molecule has 0 atom stereocenters. The van der Waals surface area contributed by atoms with Crippen molar-refractivity contribution in [3.8, 4) is 16.3 Å². The van der Waals surface area contributed by atoms with E-state index in [0.717, 1.165) is 39.4 Å². The maximum atomic E-state index is 11.5. The van der Waals surface area contributed by atoms with Crippen LogP contribution in [-0.4, -0.2) is 18.6 Å². The summed E-state index contributed by atoms with van der Waals surface area (Å²) < 4.78 is 24.6. The monoisotopic (exact) mass is 361 g/mol. The molecule has 8 heteroatoms. The third kappa shape index (κ3) is 2.95. The number of pyridine rings is 1. The Hall–Kier alpha value is -2.16. The number of rotatable bonds is 3. The molecule has 0 aliphatic carbocycles. The van der Waals surface area contributed by atoms with Gasteiger partial charge in [-0.3, -0.25) is 0 Å². The lowest BCUT2D eigenvalue weighted by atomic mass is 9.98. The van der Waals surface area contributed by atoms with E-state index in [1.54, 1.807) is 0 Å². The SMILES string of the molecule is Cc1cc(C)[n+](-c2nnc(S(N)(=O)=O)s2)c(C)c1-c1ccccc1. The summed E-state index contributed by atoms with van der Waals surface area (Å²) in [5, 5.41) is 13.3. The van der Waals surface area contributed by atoms with Gasteiger partial charge in [0.1, 0.15) is 11.4 Å². The average Bonchev–Trinajstić information content (AvgIpc) is 2.97. The summed E-state index contributed by atoms with van der Waals surface area (Å²) in [6.07, 6.45) is 0. The minimum absolute atomic E-state index is 0.189. The normalized spacial score (nSPS) is 11.7. The van der Waals surface area contributed by atoms with Gasteiger partial charge < -0.3 is 0 Å². The highest BCUT2D eigenvalue weighted by atomic mass is 32.2. The zero-order chi connectivity index (χ0) is 17.5. The highest BCUT2D eigenvalue weighted by molar-refractivity contribution is 7.91. The Kier molecular flexibility index (Phi) is 4.20. The van der Waals surface area contributed by atoms with Crippen LogP contribution in [0.3, 0.4) is 0 Å². The molecule has 0 radical (unpaired) electrons. The zero-order valence-electron chi connectivity index (χ0n) is 13.5. The van der Waals surface area contributed by atoms with Crippen LogP contribution in [0.4, 0.5) is 0 Å². The zero-order valence-corrected chi connectivity index (χ0v) is 15.1. The van der Waals surface area contributed by atoms with Crippen LogP contribution in [0.1, 0.15) is 17.0 Å². The lowest BCUT2D eigenvalue weighted by Crippen LogP contribution is -2.38. The predicted octanol–water partition coefficient (Wildman–Crippen LogP) is 2.05. The lowest BCUT2D eigenvalue weighted by molar-refractivity contribution is -0.608. The Balaban J connectivity index is 2.25. The number of nitrogens with two attached hydrogens (primary N) is 1. The molecule has 3 aromatic rings. The smallest absolute Gasteiger partial charge is 0.222 e. The van der Waals surface area contributed by atoms with E-state index in [4.69, 9.17) is 5.14 Å². The third-order valence-corrected chi connectivity index (χ3v) is 5.98. The molecule has 0 spiro atoms. The summed E-state index contributed by atoms with van der Waals surface area (Å²) >= 11 is 0.959. The number of primary sulfonamides is 1. The van der Waals surface area contributed by atoms with Crippen molar-refractivity contribution in [2.24, 2.45) is 5.14 Å². The molecule has 0 aliphatic rings. The molecule has 2 heterocycles. The molecule has 2 aromatic heterocycles. The van der Waals surface area contributed by atoms with Crippen molar-refractivity contribution < 1.29 is 13.0 Å². The summed E-state index contributed by atoms with van der Waals surface area (Å²) in [5.74, 6) is 0. The first-order valence-electron chi connectivity index (χ1n) is 7.24. The summed E-state index contributed by atoms with van der Waals surface area (Å²) in [5.41, 5.74) is 5.24. The molecule has 124 valence electrons. The van der Waals surface area contributed by atoms with Gasteiger partial charge in [0.2, 0.25) is 0 Å². The Morgan fingerprint density at radius 3 is 2.33 bits per heavy atom. The summed E-state index contributed by atoms with van der Waals surface area (Å²) in [7, 11) is -3.85. The number of hydrogen-bond donors (Lipinski definition) is 1. The van der Waals surface area contributed by atoms with Crippen molar-refractivity contribution in [1.82, 2.24) is 10.2 Å². The molecular weight excluding hydrogens is 344 g/mol. The fourth-order valence-corrected chi connectivity index (χ4v) is 4.39. The van der Waals surface area contributed by atoms with Gasteiger partial charge in [0.05, 0.1) is 5.10 Å². The van der Waals surface area contributed by atoms with Crippen LogP contribution in [0.2, 0.25) is 0 Å². The first-order valence-corrected chi connectivity index (χ1v) is 9.60. The molecule has 6 nitrogen and oxygen atoms in total. The summed E-state index contributed by atoms with van der Waals surface area (Å²) in [4.78, 5) is 0. The quantitative estimate of drug-likeness (QED) is 0.723. The topological polar surface area (TPSA) is 89.8 Å². The van der Waals surface area contributed by atoms with E-state index in [1.807, 2.05) is 54.8 Å². The third-order valence-electron chi connectivity index (χ3n) is 3.76. The summed E-state index contributed by atoms with van der Waals surface area (Å²) in [6.45, 7) is 6.00. The minimum atomic E-state index is -3.85. The van der Waals surface area contributed by atoms with Crippen molar-refractivity contribution in [2.45, 2.75) is 25.1 Å². The Morgan fingerprint density at radius 1 is 1.08 bits per heavy atom. The Bertz CT molecular complexity index is 1010. The van der Waals surface area contributed by atoms with E-state index in [-0.39, 0.29) is 4.34 Å².